The van der Waals surface area contributed by atoms with Gasteiger partial charge in [0.05, 0.1) is 25.2 Å². The molecule has 0 aromatic heterocycles. The number of hydrogen-bond donors (Lipinski definition) is 0. The van der Waals surface area contributed by atoms with Crippen LogP contribution in [-0.4, -0.2) is 43.1 Å². The molecule has 3 aromatic carbocycles. The number of carbonyl (C=O) groups is 1. The molecule has 0 fully saturated rings. The Balaban J connectivity index is 1.67. The Hall–Kier alpha value is -3.59. The van der Waals surface area contributed by atoms with E-state index in [0.717, 1.165) is 15.6 Å². The van der Waals surface area contributed by atoms with E-state index in [1.165, 1.54) is 12.1 Å². The van der Waals surface area contributed by atoms with Crippen LogP contribution < -0.4 is 14.2 Å². The summed E-state index contributed by atoms with van der Waals surface area (Å²) in [5.74, 6) is 1.57. The second kappa shape index (κ2) is 10.1. The second-order valence-electron chi connectivity index (χ2n) is 7.74. The lowest BCUT2D eigenvalue weighted by molar-refractivity contribution is -0.384. The number of fused-ring (bicyclic) bond motifs is 1. The van der Waals surface area contributed by atoms with Crippen molar-refractivity contribution in [3.63, 3.8) is 0 Å². The van der Waals surface area contributed by atoms with Gasteiger partial charge in [-0.05, 0) is 66.1 Å². The number of amides is 1. The van der Waals surface area contributed by atoms with Gasteiger partial charge in [0.15, 0.2) is 11.5 Å². The molecule has 3 aromatic rings. The first kappa shape index (κ1) is 23.6. The third-order valence-corrected chi connectivity index (χ3v) is 6.34. The summed E-state index contributed by atoms with van der Waals surface area (Å²) in [5, 5.41) is 10.9. The molecule has 1 aliphatic heterocycles. The first-order valence-corrected chi connectivity index (χ1v) is 11.4. The summed E-state index contributed by atoms with van der Waals surface area (Å²) in [6.07, 6.45) is 0.659. The van der Waals surface area contributed by atoms with Gasteiger partial charge in [0.2, 0.25) is 0 Å². The Morgan fingerprint density at radius 1 is 1.06 bits per heavy atom. The van der Waals surface area contributed by atoms with Gasteiger partial charge in [0.1, 0.15) is 12.4 Å². The molecule has 0 unspecified atom stereocenters. The van der Waals surface area contributed by atoms with Crippen molar-refractivity contribution in [2.24, 2.45) is 0 Å². The Morgan fingerprint density at radius 3 is 2.32 bits per heavy atom. The van der Waals surface area contributed by atoms with Crippen molar-refractivity contribution < 1.29 is 23.9 Å². The van der Waals surface area contributed by atoms with E-state index in [-0.39, 0.29) is 18.2 Å². The fraction of sp³-hybridized carbons (Fsp3) is 0.240. The molecule has 0 saturated heterocycles. The highest BCUT2D eigenvalue weighted by molar-refractivity contribution is 9.10. The van der Waals surface area contributed by atoms with Gasteiger partial charge in [-0.25, -0.2) is 0 Å². The maximum absolute atomic E-state index is 13.5. The van der Waals surface area contributed by atoms with Crippen molar-refractivity contribution in [3.05, 3.63) is 91.9 Å². The van der Waals surface area contributed by atoms with Gasteiger partial charge in [-0.15, -0.1) is 0 Å². The van der Waals surface area contributed by atoms with Crippen LogP contribution in [0.3, 0.4) is 0 Å². The average Bonchev–Trinajstić information content (AvgIpc) is 2.86. The fourth-order valence-corrected chi connectivity index (χ4v) is 4.31. The van der Waals surface area contributed by atoms with Gasteiger partial charge in [-0.2, -0.15) is 0 Å². The average molecular weight is 527 g/mol. The van der Waals surface area contributed by atoms with E-state index in [1.54, 1.807) is 43.4 Å². The van der Waals surface area contributed by atoms with Crippen LogP contribution in [0.5, 0.6) is 17.2 Å². The number of benzene rings is 3. The summed E-state index contributed by atoms with van der Waals surface area (Å²) >= 11 is 3.41. The van der Waals surface area contributed by atoms with Gasteiger partial charge < -0.3 is 19.1 Å². The van der Waals surface area contributed by atoms with Gasteiger partial charge in [0, 0.05) is 28.7 Å². The zero-order chi connectivity index (χ0) is 24.2. The van der Waals surface area contributed by atoms with Crippen molar-refractivity contribution in [3.8, 4) is 17.2 Å². The highest BCUT2D eigenvalue weighted by atomic mass is 79.9. The lowest BCUT2D eigenvalue weighted by atomic mass is 9.91. The molecule has 9 heteroatoms. The summed E-state index contributed by atoms with van der Waals surface area (Å²) in [5.41, 5.74) is 2.53. The molecule has 0 saturated carbocycles. The molecule has 176 valence electrons. The van der Waals surface area contributed by atoms with Crippen LogP contribution >= 0.6 is 15.9 Å². The highest BCUT2D eigenvalue weighted by Crippen LogP contribution is 2.39. The Labute approximate surface area is 205 Å². The maximum atomic E-state index is 13.5. The number of non-ortho nitro benzene ring substituents is 1. The molecule has 8 nitrogen and oxygen atoms in total. The number of halogens is 1. The SMILES string of the molecule is COc1cc2c(cc1OC)[C@H](COc1ccc([N+](=O)[O-])cc1)N(C(=O)c1ccc(Br)cc1)CC2. The van der Waals surface area contributed by atoms with Crippen molar-refractivity contribution in [1.82, 2.24) is 4.90 Å². The summed E-state index contributed by atoms with van der Waals surface area (Å²) in [4.78, 5) is 25.7. The van der Waals surface area contributed by atoms with E-state index < -0.39 is 11.0 Å². The Morgan fingerprint density at radius 2 is 1.71 bits per heavy atom. The van der Waals surface area contributed by atoms with Crippen LogP contribution in [0.25, 0.3) is 0 Å². The largest absolute Gasteiger partial charge is 0.493 e. The van der Waals surface area contributed by atoms with E-state index in [0.29, 0.717) is 35.8 Å². The Bertz CT molecular complexity index is 1200. The fourth-order valence-electron chi connectivity index (χ4n) is 4.05. The van der Waals surface area contributed by atoms with E-state index in [1.807, 2.05) is 24.3 Å². The van der Waals surface area contributed by atoms with Crippen molar-refractivity contribution >= 4 is 27.5 Å². The zero-order valence-corrected chi connectivity index (χ0v) is 20.3. The lowest BCUT2D eigenvalue weighted by Gasteiger charge is -2.37. The minimum absolute atomic E-state index is 0.0146. The van der Waals surface area contributed by atoms with Crippen LogP contribution in [-0.2, 0) is 6.42 Å². The van der Waals surface area contributed by atoms with Crippen LogP contribution in [0, 0.1) is 10.1 Å². The molecule has 0 aliphatic carbocycles. The van der Waals surface area contributed by atoms with Crippen LogP contribution in [0.2, 0.25) is 0 Å². The number of nitrogens with zero attached hydrogens (tertiary/aromatic N) is 2. The van der Waals surface area contributed by atoms with E-state index in [2.05, 4.69) is 15.9 Å². The quantitative estimate of drug-likeness (QED) is 0.310. The van der Waals surface area contributed by atoms with E-state index >= 15 is 0 Å². The molecule has 0 N–H and O–H groups in total. The van der Waals surface area contributed by atoms with E-state index in [9.17, 15) is 14.9 Å². The highest BCUT2D eigenvalue weighted by Gasteiger charge is 2.33. The smallest absolute Gasteiger partial charge is 0.269 e. The minimum atomic E-state index is -0.459. The molecule has 4 rings (SSSR count). The molecule has 1 aliphatic rings. The molecule has 1 atom stereocenters. The van der Waals surface area contributed by atoms with Crippen molar-refractivity contribution in [2.75, 3.05) is 27.4 Å². The second-order valence-corrected chi connectivity index (χ2v) is 8.65. The molecule has 0 bridgehead atoms. The molecule has 0 spiro atoms. The third kappa shape index (κ3) is 4.84. The predicted molar refractivity (Wildman–Crippen MR) is 130 cm³/mol. The van der Waals surface area contributed by atoms with Crippen LogP contribution in [0.1, 0.15) is 27.5 Å². The first-order valence-electron chi connectivity index (χ1n) is 10.6. The molecular formula is C25H23BrN2O6. The normalized spacial score (nSPS) is 14.8. The summed E-state index contributed by atoms with van der Waals surface area (Å²) in [6, 6.07) is 16.6. The standard InChI is InChI=1S/C25H23BrN2O6/c1-32-23-13-17-11-12-27(25(29)16-3-5-18(26)6-4-16)22(21(17)14-24(23)33-2)15-34-20-9-7-19(8-10-20)28(30)31/h3-10,13-14,22H,11-12,15H2,1-2H3/t22-/m0/s1. The molecule has 1 heterocycles. The van der Waals surface area contributed by atoms with Crippen molar-refractivity contribution in [2.45, 2.75) is 12.5 Å². The minimum Gasteiger partial charge on any atom is -0.493 e. The van der Waals surface area contributed by atoms with Crippen LogP contribution in [0.4, 0.5) is 5.69 Å². The maximum Gasteiger partial charge on any atom is 0.269 e. The monoisotopic (exact) mass is 526 g/mol. The molecule has 0 radical (unpaired) electrons. The lowest BCUT2D eigenvalue weighted by Crippen LogP contribution is -2.42. The van der Waals surface area contributed by atoms with E-state index in [4.69, 9.17) is 14.2 Å². The number of carbonyl (C=O) groups excluding carboxylic acids is 1. The number of ether oxygens (including phenoxy) is 3. The number of methoxy groups -OCH3 is 2. The zero-order valence-electron chi connectivity index (χ0n) is 18.7. The Kier molecular flexibility index (Phi) is 7.02. The summed E-state index contributed by atoms with van der Waals surface area (Å²) < 4.78 is 17.9. The third-order valence-electron chi connectivity index (χ3n) is 5.81. The van der Waals surface area contributed by atoms with Gasteiger partial charge in [0.25, 0.3) is 11.6 Å². The number of nitro groups is 1. The molecule has 34 heavy (non-hydrogen) atoms. The van der Waals surface area contributed by atoms with Gasteiger partial charge >= 0.3 is 0 Å². The summed E-state index contributed by atoms with van der Waals surface area (Å²) in [7, 11) is 3.16. The number of hydrogen-bond acceptors (Lipinski definition) is 6. The summed E-state index contributed by atoms with van der Waals surface area (Å²) in [6.45, 7) is 0.675. The van der Waals surface area contributed by atoms with Crippen molar-refractivity contribution in [1.29, 1.82) is 0 Å². The topological polar surface area (TPSA) is 91.1 Å². The number of rotatable bonds is 7. The predicted octanol–water partition coefficient (Wildman–Crippen LogP) is 5.19. The van der Waals surface area contributed by atoms with Gasteiger partial charge in [-0.3, -0.25) is 14.9 Å². The molecular weight excluding hydrogens is 504 g/mol. The molecule has 1 amide bonds. The first-order chi connectivity index (χ1) is 16.4. The van der Waals surface area contributed by atoms with Crippen LogP contribution in [0.15, 0.2) is 65.1 Å². The number of nitro benzene ring substituents is 1. The van der Waals surface area contributed by atoms with Gasteiger partial charge in [-0.1, -0.05) is 15.9 Å².